The van der Waals surface area contributed by atoms with E-state index in [1.54, 1.807) is 0 Å². The zero-order valence-corrected chi connectivity index (χ0v) is 22.6. The lowest BCUT2D eigenvalue weighted by molar-refractivity contribution is 0.00121. The summed E-state index contributed by atoms with van der Waals surface area (Å²) in [4.78, 5) is 2.50. The molecule has 0 spiro atoms. The van der Waals surface area contributed by atoms with E-state index in [9.17, 15) is 0 Å². The summed E-state index contributed by atoms with van der Waals surface area (Å²) in [7, 11) is 0. The van der Waals surface area contributed by atoms with Crippen LogP contribution in [0.3, 0.4) is 0 Å². The van der Waals surface area contributed by atoms with Crippen molar-refractivity contribution in [2.75, 3.05) is 72.0 Å². The number of hydrogen-bond donors (Lipinski definition) is 5. The van der Waals surface area contributed by atoms with Crippen LogP contribution >= 0.6 is 0 Å². The lowest BCUT2D eigenvalue weighted by Gasteiger charge is -2.49. The molecule has 4 aliphatic rings. The third kappa shape index (κ3) is 5.72. The summed E-state index contributed by atoms with van der Waals surface area (Å²) in [6.07, 6.45) is 0. The number of hydrazine groups is 3. The highest BCUT2D eigenvalue weighted by Crippen LogP contribution is 2.29. The standard InChI is InChI=1S/C29H43N9/c1-28(32-17-27-25-8-4-2-6-23(25)16-24-7-3-5-9-26(24)27)18-34-37-11-10-33-38-21-29(30,22-38)20-35(13-15-37)12-14-36(31)19-28/h2-9,16,32-34H,10-15,17-22,30-31H2,1H3. The Kier molecular flexibility index (Phi) is 7.38. The Hall–Kier alpha value is -2.18. The van der Waals surface area contributed by atoms with Crippen molar-refractivity contribution in [3.63, 3.8) is 0 Å². The molecule has 9 heteroatoms. The van der Waals surface area contributed by atoms with Gasteiger partial charge in [0.15, 0.2) is 0 Å². The maximum atomic E-state index is 6.70. The zero-order valence-electron chi connectivity index (χ0n) is 22.6. The number of nitrogens with two attached hydrogens (primary N) is 2. The summed E-state index contributed by atoms with van der Waals surface area (Å²) in [5.41, 5.74) is 15.0. The second-order valence-corrected chi connectivity index (χ2v) is 11.9. The molecule has 7 N–H and O–H groups in total. The fraction of sp³-hybridized carbons (Fsp3) is 0.517. The average molecular weight is 518 g/mol. The molecule has 4 heterocycles. The average Bonchev–Trinajstić information content (AvgIpc) is 2.95. The van der Waals surface area contributed by atoms with Gasteiger partial charge in [0, 0.05) is 84.1 Å². The van der Waals surface area contributed by atoms with E-state index in [-0.39, 0.29) is 11.1 Å². The van der Waals surface area contributed by atoms with Crippen molar-refractivity contribution in [2.45, 2.75) is 24.5 Å². The molecule has 38 heavy (non-hydrogen) atoms. The van der Waals surface area contributed by atoms with Gasteiger partial charge in [-0.3, -0.25) is 21.6 Å². The van der Waals surface area contributed by atoms with E-state index in [4.69, 9.17) is 11.6 Å². The Morgan fingerprint density at radius 2 is 1.50 bits per heavy atom. The second-order valence-electron chi connectivity index (χ2n) is 11.9. The van der Waals surface area contributed by atoms with Crippen molar-refractivity contribution in [1.82, 2.24) is 36.1 Å². The smallest absolute Gasteiger partial charge is 0.0569 e. The Morgan fingerprint density at radius 1 is 0.816 bits per heavy atom. The Morgan fingerprint density at radius 3 is 2.24 bits per heavy atom. The molecule has 7 rings (SSSR count). The Balaban J connectivity index is 1.24. The molecule has 3 aromatic carbocycles. The van der Waals surface area contributed by atoms with Crippen molar-refractivity contribution in [1.29, 1.82) is 0 Å². The molecule has 0 saturated carbocycles. The van der Waals surface area contributed by atoms with Crippen LogP contribution in [0.4, 0.5) is 0 Å². The van der Waals surface area contributed by atoms with Gasteiger partial charge in [0.2, 0.25) is 0 Å². The van der Waals surface area contributed by atoms with Crippen LogP contribution in [0.15, 0.2) is 54.6 Å². The number of nitrogens with zero attached hydrogens (tertiary/aromatic N) is 4. The van der Waals surface area contributed by atoms with E-state index in [1.165, 1.54) is 27.1 Å². The van der Waals surface area contributed by atoms with Crippen LogP contribution in [0.2, 0.25) is 0 Å². The van der Waals surface area contributed by atoms with Gasteiger partial charge in [-0.1, -0.05) is 48.5 Å². The van der Waals surface area contributed by atoms with Crippen LogP contribution in [-0.4, -0.2) is 103 Å². The molecule has 4 aliphatic heterocycles. The predicted octanol–water partition coefficient (Wildman–Crippen LogP) is 0.671. The Bertz CT molecular complexity index is 1210. The summed E-state index contributed by atoms with van der Waals surface area (Å²) in [6, 6.07) is 19.7. The van der Waals surface area contributed by atoms with Crippen LogP contribution < -0.4 is 27.7 Å². The van der Waals surface area contributed by atoms with Gasteiger partial charge in [0.25, 0.3) is 0 Å². The van der Waals surface area contributed by atoms with Gasteiger partial charge in [0.1, 0.15) is 0 Å². The molecular weight excluding hydrogens is 474 g/mol. The van der Waals surface area contributed by atoms with Gasteiger partial charge >= 0.3 is 0 Å². The van der Waals surface area contributed by atoms with Crippen molar-refractivity contribution < 1.29 is 0 Å². The number of nitrogens with one attached hydrogen (secondary N) is 3. The molecule has 4 fully saturated rings. The molecule has 3 atom stereocenters. The van der Waals surface area contributed by atoms with E-state index in [0.717, 1.165) is 78.5 Å². The summed E-state index contributed by atoms with van der Waals surface area (Å²) in [6.45, 7) is 12.8. The molecule has 3 unspecified atom stereocenters. The van der Waals surface area contributed by atoms with E-state index < -0.39 is 0 Å². The fourth-order valence-corrected chi connectivity index (χ4v) is 6.37. The molecule has 3 aromatic rings. The molecule has 204 valence electrons. The van der Waals surface area contributed by atoms with Crippen molar-refractivity contribution in [3.8, 4) is 0 Å². The first kappa shape index (κ1) is 26.1. The van der Waals surface area contributed by atoms with Gasteiger partial charge in [-0.05, 0) is 40.1 Å². The lowest BCUT2D eigenvalue weighted by Crippen LogP contribution is -2.74. The second kappa shape index (κ2) is 10.8. The molecular formula is C29H43N9. The minimum Gasteiger partial charge on any atom is -0.322 e. The molecule has 0 aliphatic carbocycles. The number of rotatable bonds is 3. The van der Waals surface area contributed by atoms with Crippen molar-refractivity contribution in [2.24, 2.45) is 11.6 Å². The van der Waals surface area contributed by atoms with Crippen molar-refractivity contribution in [3.05, 3.63) is 60.2 Å². The lowest BCUT2D eigenvalue weighted by atomic mass is 9.92. The van der Waals surface area contributed by atoms with E-state index in [2.05, 4.69) is 92.6 Å². The van der Waals surface area contributed by atoms with E-state index >= 15 is 0 Å². The minimum absolute atomic E-state index is 0.146. The topological polar surface area (TPSA) is 101 Å². The first-order chi connectivity index (χ1) is 18.4. The van der Waals surface area contributed by atoms with Gasteiger partial charge in [-0.2, -0.15) is 0 Å². The van der Waals surface area contributed by atoms with E-state index in [1.807, 2.05) is 5.01 Å². The third-order valence-electron chi connectivity index (χ3n) is 8.48. The SMILES string of the molecule is CC1(NCc2c3ccccc3cc3ccccc23)CNN2CCNN3CC(N)(CN(CCN(N)C1)CC2)C3. The quantitative estimate of drug-likeness (QED) is 0.254. The van der Waals surface area contributed by atoms with Gasteiger partial charge in [0.05, 0.1) is 5.54 Å². The van der Waals surface area contributed by atoms with Crippen LogP contribution in [0.25, 0.3) is 21.5 Å². The first-order valence-electron chi connectivity index (χ1n) is 14.0. The third-order valence-corrected chi connectivity index (χ3v) is 8.48. The monoisotopic (exact) mass is 517 g/mol. The predicted molar refractivity (Wildman–Crippen MR) is 155 cm³/mol. The van der Waals surface area contributed by atoms with Crippen LogP contribution in [0.1, 0.15) is 12.5 Å². The molecule has 9 nitrogen and oxygen atoms in total. The number of benzene rings is 3. The molecule has 0 radical (unpaired) electrons. The summed E-state index contributed by atoms with van der Waals surface area (Å²) < 4.78 is 0. The molecule has 4 saturated heterocycles. The maximum Gasteiger partial charge on any atom is 0.0569 e. The molecule has 0 amide bonds. The fourth-order valence-electron chi connectivity index (χ4n) is 6.37. The highest BCUT2D eigenvalue weighted by atomic mass is 15.6. The minimum atomic E-state index is -0.231. The first-order valence-corrected chi connectivity index (χ1v) is 14.0. The molecule has 0 aromatic heterocycles. The van der Waals surface area contributed by atoms with Crippen LogP contribution in [0.5, 0.6) is 0 Å². The number of fused-ring (bicyclic) bond motifs is 4. The number of hydrogen-bond acceptors (Lipinski definition) is 9. The largest absolute Gasteiger partial charge is 0.322 e. The van der Waals surface area contributed by atoms with E-state index in [0.29, 0.717) is 0 Å². The Labute approximate surface area is 226 Å². The maximum absolute atomic E-state index is 6.70. The van der Waals surface area contributed by atoms with Gasteiger partial charge in [-0.25, -0.2) is 15.0 Å². The van der Waals surface area contributed by atoms with Crippen LogP contribution in [0, 0.1) is 0 Å². The summed E-state index contributed by atoms with van der Waals surface area (Å²) >= 11 is 0. The highest BCUT2D eigenvalue weighted by Gasteiger charge is 2.41. The van der Waals surface area contributed by atoms with Crippen molar-refractivity contribution >= 4 is 21.5 Å². The molecule has 4 bridgehead atoms. The van der Waals surface area contributed by atoms with Gasteiger partial charge in [-0.15, -0.1) is 0 Å². The highest BCUT2D eigenvalue weighted by molar-refractivity contribution is 6.02. The van der Waals surface area contributed by atoms with Gasteiger partial charge < -0.3 is 11.1 Å². The van der Waals surface area contributed by atoms with Crippen LogP contribution in [-0.2, 0) is 6.54 Å². The summed E-state index contributed by atoms with van der Waals surface area (Å²) in [5, 5.41) is 15.7. The zero-order chi connectivity index (χ0) is 26.2. The summed E-state index contributed by atoms with van der Waals surface area (Å²) in [5.74, 6) is 6.65. The normalized spacial score (nSPS) is 33.4.